The van der Waals surface area contributed by atoms with E-state index in [1.165, 1.54) is 0 Å². The number of methoxy groups -OCH3 is 1. The lowest BCUT2D eigenvalue weighted by Crippen LogP contribution is -2.37. The van der Waals surface area contributed by atoms with Crippen LogP contribution in [0.5, 0.6) is 0 Å². The number of pyridine rings is 1. The van der Waals surface area contributed by atoms with Crippen LogP contribution in [0, 0.1) is 0 Å². The molecule has 0 aliphatic rings. The predicted octanol–water partition coefficient (Wildman–Crippen LogP) is 1.60. The first-order valence-corrected chi connectivity index (χ1v) is 8.28. The van der Waals surface area contributed by atoms with Crippen molar-refractivity contribution in [3.8, 4) is 5.82 Å². The van der Waals surface area contributed by atoms with Crippen molar-refractivity contribution >= 4 is 29.9 Å². The van der Waals surface area contributed by atoms with E-state index in [4.69, 9.17) is 9.47 Å². The third-order valence-electron chi connectivity index (χ3n) is 3.45. The number of rotatable bonds is 10. The quantitative estimate of drug-likeness (QED) is 0.236. The smallest absolute Gasteiger partial charge is 0.191 e. The fraction of sp³-hybridized carbons (Fsp3) is 0.471. The SMILES string of the molecule is CN=C(NCCCOCCOC)NCc1ccnc(-n2ccnc2)c1.I. The summed E-state index contributed by atoms with van der Waals surface area (Å²) < 4.78 is 12.2. The van der Waals surface area contributed by atoms with Crippen LogP contribution in [0.25, 0.3) is 5.82 Å². The maximum atomic E-state index is 5.43. The topological polar surface area (TPSA) is 85.6 Å². The van der Waals surface area contributed by atoms with Gasteiger partial charge in [0, 0.05) is 52.4 Å². The molecule has 0 aliphatic carbocycles. The van der Waals surface area contributed by atoms with Crippen LogP contribution in [0.15, 0.2) is 42.0 Å². The fourth-order valence-electron chi connectivity index (χ4n) is 2.14. The van der Waals surface area contributed by atoms with E-state index in [1.807, 2.05) is 22.9 Å². The molecule has 0 aromatic carbocycles. The minimum atomic E-state index is 0. The van der Waals surface area contributed by atoms with Gasteiger partial charge in [0.25, 0.3) is 0 Å². The van der Waals surface area contributed by atoms with Crippen molar-refractivity contribution < 1.29 is 9.47 Å². The molecule has 2 aromatic rings. The summed E-state index contributed by atoms with van der Waals surface area (Å²) in [7, 11) is 3.43. The Morgan fingerprint density at radius 2 is 2.12 bits per heavy atom. The molecular weight excluding hydrogens is 447 g/mol. The summed E-state index contributed by atoms with van der Waals surface area (Å²) in [6, 6.07) is 4.00. The summed E-state index contributed by atoms with van der Waals surface area (Å²) in [4.78, 5) is 12.6. The predicted molar refractivity (Wildman–Crippen MR) is 112 cm³/mol. The van der Waals surface area contributed by atoms with Crippen LogP contribution in [-0.2, 0) is 16.0 Å². The van der Waals surface area contributed by atoms with Crippen LogP contribution in [0.4, 0.5) is 0 Å². The summed E-state index contributed by atoms with van der Waals surface area (Å²) in [6.07, 6.45) is 8.03. The van der Waals surface area contributed by atoms with E-state index in [9.17, 15) is 0 Å². The molecule has 0 saturated carbocycles. The molecule has 0 atom stereocenters. The van der Waals surface area contributed by atoms with Crippen molar-refractivity contribution in [1.29, 1.82) is 0 Å². The summed E-state index contributed by atoms with van der Waals surface area (Å²) in [6.45, 7) is 3.41. The molecule has 0 saturated heterocycles. The molecule has 8 nitrogen and oxygen atoms in total. The molecule has 9 heteroatoms. The van der Waals surface area contributed by atoms with E-state index in [-0.39, 0.29) is 24.0 Å². The van der Waals surface area contributed by atoms with E-state index >= 15 is 0 Å². The minimum absolute atomic E-state index is 0. The number of nitrogens with zero attached hydrogens (tertiary/aromatic N) is 4. The van der Waals surface area contributed by atoms with Crippen LogP contribution in [-0.4, -0.2) is 61.0 Å². The van der Waals surface area contributed by atoms with Crippen LogP contribution in [0.1, 0.15) is 12.0 Å². The molecule has 2 aromatic heterocycles. The number of ether oxygens (including phenoxy) is 2. The van der Waals surface area contributed by atoms with Gasteiger partial charge in [0.1, 0.15) is 12.1 Å². The van der Waals surface area contributed by atoms with Gasteiger partial charge in [-0.05, 0) is 24.1 Å². The van der Waals surface area contributed by atoms with Gasteiger partial charge in [-0.25, -0.2) is 9.97 Å². The highest BCUT2D eigenvalue weighted by atomic mass is 127. The number of halogens is 1. The minimum Gasteiger partial charge on any atom is -0.382 e. The van der Waals surface area contributed by atoms with Gasteiger partial charge in [0.05, 0.1) is 13.2 Å². The van der Waals surface area contributed by atoms with Gasteiger partial charge in [0.2, 0.25) is 0 Å². The van der Waals surface area contributed by atoms with Crippen LogP contribution in [0.3, 0.4) is 0 Å². The molecule has 0 fully saturated rings. The molecule has 0 radical (unpaired) electrons. The Morgan fingerprint density at radius 3 is 2.85 bits per heavy atom. The lowest BCUT2D eigenvalue weighted by molar-refractivity contribution is 0.0698. The molecule has 144 valence electrons. The molecule has 0 unspecified atom stereocenters. The second-order valence-corrected chi connectivity index (χ2v) is 5.30. The maximum Gasteiger partial charge on any atom is 0.191 e. The fourth-order valence-corrected chi connectivity index (χ4v) is 2.14. The molecule has 26 heavy (non-hydrogen) atoms. The van der Waals surface area contributed by atoms with Crippen molar-refractivity contribution in [2.24, 2.45) is 4.99 Å². The number of hydrogen-bond donors (Lipinski definition) is 2. The monoisotopic (exact) mass is 474 g/mol. The van der Waals surface area contributed by atoms with Crippen molar-refractivity contribution in [1.82, 2.24) is 25.2 Å². The van der Waals surface area contributed by atoms with E-state index in [1.54, 1.807) is 32.9 Å². The first kappa shape index (κ1) is 22.3. The Labute approximate surface area is 171 Å². The Morgan fingerprint density at radius 1 is 1.23 bits per heavy atom. The van der Waals surface area contributed by atoms with Gasteiger partial charge in [-0.2, -0.15) is 0 Å². The third kappa shape index (κ3) is 8.11. The standard InChI is InChI=1S/C17H26N6O2.HI/c1-18-17(21-5-3-9-25-11-10-24-2)22-13-15-4-6-20-16(12-15)23-8-7-19-14-23;/h4,6-8,12,14H,3,5,9-11,13H2,1-2H3,(H2,18,21,22);1H. The molecule has 0 spiro atoms. The summed E-state index contributed by atoms with van der Waals surface area (Å²) in [5.41, 5.74) is 1.12. The highest BCUT2D eigenvalue weighted by Crippen LogP contribution is 2.06. The lowest BCUT2D eigenvalue weighted by Gasteiger charge is -2.12. The average Bonchev–Trinajstić information content (AvgIpc) is 3.18. The van der Waals surface area contributed by atoms with Crippen molar-refractivity contribution in [2.75, 3.05) is 40.5 Å². The number of guanidine groups is 1. The van der Waals surface area contributed by atoms with Gasteiger partial charge in [-0.1, -0.05) is 0 Å². The zero-order valence-corrected chi connectivity index (χ0v) is 17.6. The average molecular weight is 474 g/mol. The number of nitrogens with one attached hydrogen (secondary N) is 2. The van der Waals surface area contributed by atoms with Crippen molar-refractivity contribution in [2.45, 2.75) is 13.0 Å². The Balaban J connectivity index is 0.00000338. The number of imidazole rings is 1. The second kappa shape index (κ2) is 13.5. The normalized spacial score (nSPS) is 11.1. The van der Waals surface area contributed by atoms with Gasteiger partial charge >= 0.3 is 0 Å². The molecule has 0 aliphatic heterocycles. The van der Waals surface area contributed by atoms with Gasteiger partial charge in [-0.15, -0.1) is 24.0 Å². The molecule has 2 heterocycles. The van der Waals surface area contributed by atoms with Gasteiger partial charge in [-0.3, -0.25) is 9.56 Å². The molecule has 2 N–H and O–H groups in total. The zero-order chi connectivity index (χ0) is 17.7. The largest absolute Gasteiger partial charge is 0.382 e. The molecular formula is C17H27IN6O2. The number of aromatic nitrogens is 3. The highest BCUT2D eigenvalue weighted by molar-refractivity contribution is 14.0. The maximum absolute atomic E-state index is 5.43. The Hall–Kier alpha value is -1.72. The number of aliphatic imine (C=N–C) groups is 1. The van der Waals surface area contributed by atoms with Crippen LogP contribution >= 0.6 is 24.0 Å². The second-order valence-electron chi connectivity index (χ2n) is 5.30. The van der Waals surface area contributed by atoms with Crippen LogP contribution in [0.2, 0.25) is 0 Å². The Bertz CT molecular complexity index is 636. The highest BCUT2D eigenvalue weighted by Gasteiger charge is 2.01. The van der Waals surface area contributed by atoms with E-state index in [2.05, 4.69) is 25.6 Å². The Kier molecular flexibility index (Phi) is 11.6. The zero-order valence-electron chi connectivity index (χ0n) is 15.2. The summed E-state index contributed by atoms with van der Waals surface area (Å²) in [5, 5.41) is 6.56. The summed E-state index contributed by atoms with van der Waals surface area (Å²) in [5.74, 6) is 1.60. The van der Waals surface area contributed by atoms with Gasteiger partial charge < -0.3 is 20.1 Å². The summed E-state index contributed by atoms with van der Waals surface area (Å²) >= 11 is 0. The van der Waals surface area contributed by atoms with Crippen molar-refractivity contribution in [3.63, 3.8) is 0 Å². The van der Waals surface area contributed by atoms with E-state index in [0.29, 0.717) is 26.4 Å². The number of hydrogen-bond acceptors (Lipinski definition) is 5. The van der Waals surface area contributed by atoms with Crippen molar-refractivity contribution in [3.05, 3.63) is 42.6 Å². The van der Waals surface area contributed by atoms with E-state index < -0.39 is 0 Å². The first-order chi connectivity index (χ1) is 12.3. The van der Waals surface area contributed by atoms with Gasteiger partial charge in [0.15, 0.2) is 5.96 Å². The molecule has 0 bridgehead atoms. The third-order valence-corrected chi connectivity index (χ3v) is 3.45. The molecule has 2 rings (SSSR count). The lowest BCUT2D eigenvalue weighted by atomic mass is 10.2. The first-order valence-electron chi connectivity index (χ1n) is 8.28. The van der Waals surface area contributed by atoms with Crippen LogP contribution < -0.4 is 10.6 Å². The molecule has 0 amide bonds. The van der Waals surface area contributed by atoms with E-state index in [0.717, 1.165) is 30.3 Å².